The van der Waals surface area contributed by atoms with Gasteiger partial charge in [-0.2, -0.15) is 0 Å². The van der Waals surface area contributed by atoms with Crippen molar-refractivity contribution in [1.29, 1.82) is 0 Å². The molecule has 0 fully saturated rings. The molecular formula is C11H16CaO3. The van der Waals surface area contributed by atoms with Gasteiger partial charge in [-0.25, -0.2) is 4.79 Å². The third-order valence-electron chi connectivity index (χ3n) is 1.52. The number of esters is 1. The summed E-state index contributed by atoms with van der Waals surface area (Å²) in [6.07, 6.45) is 0. The summed E-state index contributed by atoms with van der Waals surface area (Å²) in [5.41, 5.74) is -0.346. The number of phenols is 1. The summed E-state index contributed by atoms with van der Waals surface area (Å²) in [4.78, 5) is 11.5. The van der Waals surface area contributed by atoms with Crippen LogP contribution in [-0.2, 0) is 4.74 Å². The predicted octanol–water partition coefficient (Wildman–Crippen LogP) is 1.43. The van der Waals surface area contributed by atoms with Gasteiger partial charge in [-0.05, 0) is 32.9 Å². The van der Waals surface area contributed by atoms with Gasteiger partial charge in [0.1, 0.15) is 16.9 Å². The van der Waals surface area contributed by atoms with Crippen LogP contribution < -0.4 is 0 Å². The van der Waals surface area contributed by atoms with Gasteiger partial charge in [0.25, 0.3) is 0 Å². The van der Waals surface area contributed by atoms with E-state index in [1.54, 1.807) is 32.9 Å². The van der Waals surface area contributed by atoms with E-state index in [-0.39, 0.29) is 49.1 Å². The second-order valence-corrected chi connectivity index (χ2v) is 4.02. The van der Waals surface area contributed by atoms with E-state index in [0.29, 0.717) is 0 Å². The van der Waals surface area contributed by atoms with Gasteiger partial charge in [-0.15, -0.1) is 0 Å². The molecule has 0 amide bonds. The molecule has 0 saturated carbocycles. The van der Waals surface area contributed by atoms with Gasteiger partial charge in [0, 0.05) is 0 Å². The van der Waals surface area contributed by atoms with Crippen LogP contribution in [0, 0.1) is 0 Å². The molecular weight excluding hydrogens is 220 g/mol. The molecule has 0 aliphatic heterocycles. The van der Waals surface area contributed by atoms with Gasteiger partial charge >= 0.3 is 43.7 Å². The molecule has 4 heteroatoms. The topological polar surface area (TPSA) is 46.5 Å². The number of hydrogen-bond acceptors (Lipinski definition) is 3. The normalized spacial score (nSPS) is 10.3. The monoisotopic (exact) mass is 236 g/mol. The van der Waals surface area contributed by atoms with Crippen molar-refractivity contribution < 1.29 is 14.6 Å². The van der Waals surface area contributed by atoms with Crippen LogP contribution in [-0.4, -0.2) is 54.4 Å². The standard InChI is InChI=1S/C11H14O3.Ca.2H/c1-11(2,3)14-10(13)8-6-4-5-7-9(8)12;;;/h4-7,12H,1-3H3;;;. The zero-order valence-electron chi connectivity index (χ0n) is 8.57. The molecule has 1 rings (SSSR count). The van der Waals surface area contributed by atoms with Crippen molar-refractivity contribution in [2.75, 3.05) is 0 Å². The quantitative estimate of drug-likeness (QED) is 0.592. The number of carbonyl (C=O) groups is 1. The van der Waals surface area contributed by atoms with Crippen LogP contribution in [0.3, 0.4) is 0 Å². The molecule has 80 valence electrons. The van der Waals surface area contributed by atoms with Crippen LogP contribution >= 0.6 is 0 Å². The second-order valence-electron chi connectivity index (χ2n) is 4.02. The van der Waals surface area contributed by atoms with E-state index in [2.05, 4.69) is 0 Å². The molecule has 15 heavy (non-hydrogen) atoms. The summed E-state index contributed by atoms with van der Waals surface area (Å²) >= 11 is 0. The molecule has 0 saturated heterocycles. The van der Waals surface area contributed by atoms with Crippen molar-refractivity contribution in [2.45, 2.75) is 26.4 Å². The molecule has 3 nitrogen and oxygen atoms in total. The fourth-order valence-corrected chi connectivity index (χ4v) is 0.979. The second kappa shape index (κ2) is 5.73. The van der Waals surface area contributed by atoms with E-state index in [1.165, 1.54) is 12.1 Å². The Kier molecular flexibility index (Phi) is 5.63. The summed E-state index contributed by atoms with van der Waals surface area (Å²) in [6.45, 7) is 5.35. The van der Waals surface area contributed by atoms with Gasteiger partial charge in [-0.3, -0.25) is 0 Å². The van der Waals surface area contributed by atoms with Crippen molar-refractivity contribution in [3.63, 3.8) is 0 Å². The predicted molar refractivity (Wildman–Crippen MR) is 61.8 cm³/mol. The molecule has 0 aliphatic rings. The Morgan fingerprint density at radius 1 is 1.27 bits per heavy atom. The van der Waals surface area contributed by atoms with E-state index in [4.69, 9.17) is 4.74 Å². The van der Waals surface area contributed by atoms with Crippen LogP contribution in [0.5, 0.6) is 5.75 Å². The van der Waals surface area contributed by atoms with E-state index in [9.17, 15) is 9.90 Å². The Hall–Kier alpha value is -0.250. The van der Waals surface area contributed by atoms with Crippen LogP contribution in [0.2, 0.25) is 0 Å². The third-order valence-corrected chi connectivity index (χ3v) is 1.52. The molecule has 0 heterocycles. The molecule has 1 aromatic rings. The summed E-state index contributed by atoms with van der Waals surface area (Å²) in [6, 6.07) is 6.32. The van der Waals surface area contributed by atoms with Gasteiger partial charge in [0.05, 0.1) is 0 Å². The number of benzene rings is 1. The molecule has 0 atom stereocenters. The number of aromatic hydroxyl groups is 1. The fraction of sp³-hybridized carbons (Fsp3) is 0.364. The molecule has 1 aromatic carbocycles. The Balaban J connectivity index is 0.00000196. The summed E-state index contributed by atoms with van der Waals surface area (Å²) < 4.78 is 5.11. The SMILES string of the molecule is CC(C)(C)OC(=O)c1ccccc1O.[CaH2]. The van der Waals surface area contributed by atoms with E-state index >= 15 is 0 Å². The Labute approximate surface area is 119 Å². The fourth-order valence-electron chi connectivity index (χ4n) is 0.979. The first-order valence-corrected chi connectivity index (χ1v) is 4.41. The van der Waals surface area contributed by atoms with Crippen LogP contribution in [0.25, 0.3) is 0 Å². The zero-order valence-corrected chi connectivity index (χ0v) is 8.57. The number of hydrogen-bond donors (Lipinski definition) is 1. The molecule has 0 unspecified atom stereocenters. The summed E-state index contributed by atoms with van der Waals surface area (Å²) in [5, 5.41) is 9.38. The van der Waals surface area contributed by atoms with E-state index in [0.717, 1.165) is 0 Å². The van der Waals surface area contributed by atoms with Crippen LogP contribution in [0.15, 0.2) is 24.3 Å². The number of carbonyl (C=O) groups excluding carboxylic acids is 1. The number of rotatable bonds is 1. The van der Waals surface area contributed by atoms with Crippen molar-refractivity contribution in [3.05, 3.63) is 29.8 Å². The van der Waals surface area contributed by atoms with Gasteiger partial charge in [-0.1, -0.05) is 12.1 Å². The van der Waals surface area contributed by atoms with Crippen molar-refractivity contribution in [1.82, 2.24) is 0 Å². The molecule has 0 radical (unpaired) electrons. The molecule has 0 spiro atoms. The summed E-state index contributed by atoms with van der Waals surface area (Å²) in [5.74, 6) is -0.558. The first kappa shape index (κ1) is 14.7. The summed E-state index contributed by atoms with van der Waals surface area (Å²) in [7, 11) is 0. The van der Waals surface area contributed by atoms with Crippen LogP contribution in [0.1, 0.15) is 31.1 Å². The minimum atomic E-state index is -0.542. The maximum absolute atomic E-state index is 11.5. The first-order valence-electron chi connectivity index (χ1n) is 4.41. The van der Waals surface area contributed by atoms with Crippen molar-refractivity contribution >= 4 is 43.7 Å². The first-order chi connectivity index (χ1) is 6.40. The number of ether oxygens (including phenoxy) is 1. The zero-order chi connectivity index (χ0) is 10.8. The molecule has 0 aliphatic carbocycles. The van der Waals surface area contributed by atoms with Crippen molar-refractivity contribution in [3.8, 4) is 5.75 Å². The average molecular weight is 236 g/mol. The van der Waals surface area contributed by atoms with Crippen LogP contribution in [0.4, 0.5) is 0 Å². The number of phenolic OH excluding ortho intramolecular Hbond substituents is 1. The van der Waals surface area contributed by atoms with E-state index < -0.39 is 11.6 Å². The molecule has 0 bridgehead atoms. The van der Waals surface area contributed by atoms with E-state index in [1.807, 2.05) is 0 Å². The maximum atomic E-state index is 11.5. The van der Waals surface area contributed by atoms with Gasteiger partial charge < -0.3 is 9.84 Å². The van der Waals surface area contributed by atoms with Gasteiger partial charge in [0.2, 0.25) is 0 Å². The molecule has 0 aromatic heterocycles. The number of para-hydroxylation sites is 1. The Morgan fingerprint density at radius 3 is 2.27 bits per heavy atom. The minimum absolute atomic E-state index is 0. The molecule has 1 N–H and O–H groups in total. The van der Waals surface area contributed by atoms with Gasteiger partial charge in [0.15, 0.2) is 0 Å². The Morgan fingerprint density at radius 2 is 1.80 bits per heavy atom. The third kappa shape index (κ3) is 4.87. The average Bonchev–Trinajstić information content (AvgIpc) is 2.01. The van der Waals surface area contributed by atoms with Crippen molar-refractivity contribution in [2.24, 2.45) is 0 Å². The Bertz CT molecular complexity index is 342.